The first kappa shape index (κ1) is 28.9. The molecule has 2 aromatic heterocycles. The monoisotopic (exact) mass is 660 g/mol. The Hall–Kier alpha value is -6.90. The Kier molecular flexibility index (Phi) is 6.28. The molecule has 0 saturated carbocycles. The second-order valence-corrected chi connectivity index (χ2v) is 13.7. The van der Waals surface area contributed by atoms with Gasteiger partial charge in [-0.1, -0.05) is 146 Å². The zero-order valence-electron chi connectivity index (χ0n) is 28.4. The Morgan fingerprint density at radius 1 is 0.250 bits per heavy atom. The molecule has 0 amide bonds. The number of benzene rings is 9. The van der Waals surface area contributed by atoms with Crippen LogP contribution >= 0.6 is 0 Å². The molecular weight excluding hydrogens is 629 g/mol. The first-order chi connectivity index (χ1) is 25.8. The molecule has 0 aliphatic rings. The molecule has 0 N–H and O–H groups in total. The predicted molar refractivity (Wildman–Crippen MR) is 221 cm³/mol. The molecule has 2 heteroatoms. The van der Waals surface area contributed by atoms with Gasteiger partial charge in [0.05, 0.1) is 22.1 Å². The molecule has 2 heterocycles. The Morgan fingerprint density at radius 2 is 0.615 bits per heavy atom. The van der Waals surface area contributed by atoms with Crippen LogP contribution in [0.5, 0.6) is 0 Å². The summed E-state index contributed by atoms with van der Waals surface area (Å²) >= 11 is 0. The highest BCUT2D eigenvalue weighted by Crippen LogP contribution is 2.40. The van der Waals surface area contributed by atoms with Crippen LogP contribution < -0.4 is 0 Å². The molecule has 0 aliphatic carbocycles. The van der Waals surface area contributed by atoms with E-state index in [4.69, 9.17) is 0 Å². The molecule has 0 bridgehead atoms. The minimum Gasteiger partial charge on any atom is -0.309 e. The lowest BCUT2D eigenvalue weighted by atomic mass is 9.98. The quantitative estimate of drug-likeness (QED) is 0.178. The number of nitrogens with zero attached hydrogens (tertiary/aromatic N) is 2. The largest absolute Gasteiger partial charge is 0.309 e. The molecule has 52 heavy (non-hydrogen) atoms. The molecule has 9 aromatic carbocycles. The van der Waals surface area contributed by atoms with Crippen molar-refractivity contribution >= 4 is 65.2 Å². The van der Waals surface area contributed by atoms with E-state index in [1.807, 2.05) is 0 Å². The number of hydrogen-bond donors (Lipinski definition) is 0. The van der Waals surface area contributed by atoms with Crippen molar-refractivity contribution in [2.45, 2.75) is 0 Å². The molecule has 242 valence electrons. The van der Waals surface area contributed by atoms with E-state index in [-0.39, 0.29) is 0 Å². The van der Waals surface area contributed by atoms with Crippen molar-refractivity contribution in [3.63, 3.8) is 0 Å². The zero-order chi connectivity index (χ0) is 34.2. The van der Waals surface area contributed by atoms with E-state index >= 15 is 0 Å². The normalized spacial score (nSPS) is 11.8. The van der Waals surface area contributed by atoms with Crippen LogP contribution in [0, 0.1) is 0 Å². The maximum absolute atomic E-state index is 2.43. The molecule has 0 atom stereocenters. The van der Waals surface area contributed by atoms with Crippen LogP contribution in [0.25, 0.3) is 98.8 Å². The highest BCUT2D eigenvalue weighted by molar-refractivity contribution is 6.19. The van der Waals surface area contributed by atoms with Gasteiger partial charge in [-0.15, -0.1) is 0 Å². The second kappa shape index (κ2) is 11.3. The van der Waals surface area contributed by atoms with Crippen molar-refractivity contribution in [3.8, 4) is 33.6 Å². The minimum atomic E-state index is 1.15. The van der Waals surface area contributed by atoms with Crippen LogP contribution in [0.3, 0.4) is 0 Å². The first-order valence-electron chi connectivity index (χ1n) is 17.9. The van der Waals surface area contributed by atoms with Crippen molar-refractivity contribution in [1.29, 1.82) is 0 Å². The lowest BCUT2D eigenvalue weighted by Crippen LogP contribution is -1.95. The maximum atomic E-state index is 2.43. The summed E-state index contributed by atoms with van der Waals surface area (Å²) < 4.78 is 4.87. The van der Waals surface area contributed by atoms with Crippen LogP contribution in [-0.2, 0) is 0 Å². The van der Waals surface area contributed by atoms with Crippen LogP contribution in [0.4, 0.5) is 0 Å². The van der Waals surface area contributed by atoms with Gasteiger partial charge in [0, 0.05) is 32.9 Å². The van der Waals surface area contributed by atoms with Crippen LogP contribution in [-0.4, -0.2) is 9.13 Å². The van der Waals surface area contributed by atoms with Gasteiger partial charge in [-0.3, -0.25) is 0 Å². The minimum absolute atomic E-state index is 1.15. The third kappa shape index (κ3) is 4.31. The average molecular weight is 661 g/mol. The van der Waals surface area contributed by atoms with E-state index < -0.39 is 0 Å². The van der Waals surface area contributed by atoms with Crippen molar-refractivity contribution in [1.82, 2.24) is 9.13 Å². The molecule has 2 nitrogen and oxygen atoms in total. The molecule has 0 unspecified atom stereocenters. The summed E-state index contributed by atoms with van der Waals surface area (Å²) in [5.41, 5.74) is 12.1. The second-order valence-electron chi connectivity index (χ2n) is 13.7. The number of rotatable bonds is 4. The average Bonchev–Trinajstić information content (AvgIpc) is 3.71. The molecule has 0 spiro atoms. The van der Waals surface area contributed by atoms with Crippen molar-refractivity contribution in [2.24, 2.45) is 0 Å². The third-order valence-corrected chi connectivity index (χ3v) is 10.9. The summed E-state index contributed by atoms with van der Waals surface area (Å²) in [6, 6.07) is 71.0. The Balaban J connectivity index is 1.09. The summed E-state index contributed by atoms with van der Waals surface area (Å²) in [6.45, 7) is 0. The number of aromatic nitrogens is 2. The van der Waals surface area contributed by atoms with Gasteiger partial charge in [-0.05, 0) is 92.3 Å². The van der Waals surface area contributed by atoms with Gasteiger partial charge in [-0.2, -0.15) is 0 Å². The van der Waals surface area contributed by atoms with Gasteiger partial charge < -0.3 is 9.13 Å². The zero-order valence-corrected chi connectivity index (χ0v) is 28.4. The fourth-order valence-electron chi connectivity index (χ4n) is 8.52. The number of para-hydroxylation sites is 2. The Bertz CT molecular complexity index is 2930. The Morgan fingerprint density at radius 3 is 1.06 bits per heavy atom. The number of hydrogen-bond acceptors (Lipinski definition) is 0. The van der Waals surface area contributed by atoms with Crippen LogP contribution in [0.1, 0.15) is 0 Å². The molecule has 0 fully saturated rings. The summed E-state index contributed by atoms with van der Waals surface area (Å²) in [7, 11) is 0. The molecule has 0 radical (unpaired) electrons. The van der Waals surface area contributed by atoms with E-state index in [0.29, 0.717) is 0 Å². The lowest BCUT2D eigenvalue weighted by molar-refractivity contribution is 1.17. The summed E-state index contributed by atoms with van der Waals surface area (Å²) in [5.74, 6) is 0. The molecule has 0 saturated heterocycles. The molecule has 11 rings (SSSR count). The van der Waals surface area contributed by atoms with E-state index in [9.17, 15) is 0 Å². The summed E-state index contributed by atoms with van der Waals surface area (Å²) in [5, 5.41) is 10.1. The van der Waals surface area contributed by atoms with E-state index in [1.54, 1.807) is 0 Å². The highest BCUT2D eigenvalue weighted by Gasteiger charge is 2.19. The third-order valence-electron chi connectivity index (χ3n) is 10.9. The summed E-state index contributed by atoms with van der Waals surface area (Å²) in [6.07, 6.45) is 0. The molecule has 11 aromatic rings. The SMILES string of the molecule is c1ccc2c(-c3ccc(-n4c5ccccc5c5cc6c(cc54)c4ccccc4n6-c4ccc(-c5cccc6ccccc56)cc4)cc3)cccc2c1. The number of fused-ring (bicyclic) bond motifs is 8. The van der Waals surface area contributed by atoms with Gasteiger partial charge in [0.25, 0.3) is 0 Å². The topological polar surface area (TPSA) is 9.86 Å². The fraction of sp³-hybridized carbons (Fsp3) is 0. The molecule has 0 aliphatic heterocycles. The highest BCUT2D eigenvalue weighted by atomic mass is 15.0. The van der Waals surface area contributed by atoms with E-state index in [2.05, 4.69) is 203 Å². The van der Waals surface area contributed by atoms with Crippen molar-refractivity contribution in [2.75, 3.05) is 0 Å². The van der Waals surface area contributed by atoms with Gasteiger partial charge in [0.2, 0.25) is 0 Å². The van der Waals surface area contributed by atoms with Gasteiger partial charge in [0.1, 0.15) is 0 Å². The standard InChI is InChI=1S/C50H32N2/c1-3-15-39-33(11-1)13-9-19-41(39)35-23-27-37(28-24-35)51-47-21-7-5-17-43(47)45-32-50-46(31-49(45)51)44-18-6-8-22-48(44)52(50)38-29-25-36(26-30-38)42-20-10-14-34-12-2-4-16-40(34)42/h1-32H. The maximum Gasteiger partial charge on any atom is 0.0548 e. The van der Waals surface area contributed by atoms with Gasteiger partial charge in [0.15, 0.2) is 0 Å². The smallest absolute Gasteiger partial charge is 0.0548 e. The predicted octanol–water partition coefficient (Wildman–Crippen LogP) is 13.5. The van der Waals surface area contributed by atoms with Gasteiger partial charge in [-0.25, -0.2) is 0 Å². The van der Waals surface area contributed by atoms with Gasteiger partial charge >= 0.3 is 0 Å². The van der Waals surface area contributed by atoms with E-state index in [1.165, 1.54) is 87.4 Å². The summed E-state index contributed by atoms with van der Waals surface area (Å²) in [4.78, 5) is 0. The van der Waals surface area contributed by atoms with Crippen LogP contribution in [0.15, 0.2) is 194 Å². The fourth-order valence-corrected chi connectivity index (χ4v) is 8.52. The molecular formula is C50H32N2. The van der Waals surface area contributed by atoms with Crippen molar-refractivity contribution in [3.05, 3.63) is 194 Å². The van der Waals surface area contributed by atoms with Crippen LogP contribution in [0.2, 0.25) is 0 Å². The lowest BCUT2D eigenvalue weighted by Gasteiger charge is -2.12. The Labute approximate surface area is 301 Å². The first-order valence-corrected chi connectivity index (χ1v) is 17.9. The van der Waals surface area contributed by atoms with Crippen molar-refractivity contribution < 1.29 is 0 Å². The van der Waals surface area contributed by atoms with E-state index in [0.717, 1.165) is 11.4 Å².